The molecular formula is C16H13F3N2O3S2. The van der Waals surface area contributed by atoms with Gasteiger partial charge in [0.1, 0.15) is 11.3 Å². The van der Waals surface area contributed by atoms with E-state index in [9.17, 15) is 21.6 Å². The van der Waals surface area contributed by atoms with E-state index >= 15 is 0 Å². The van der Waals surface area contributed by atoms with Crippen molar-refractivity contribution in [2.75, 3.05) is 11.8 Å². The molecule has 0 radical (unpaired) electrons. The van der Waals surface area contributed by atoms with Gasteiger partial charge < -0.3 is 4.74 Å². The van der Waals surface area contributed by atoms with E-state index < -0.39 is 21.8 Å². The Kier molecular flexibility index (Phi) is 4.57. The summed E-state index contributed by atoms with van der Waals surface area (Å²) < 4.78 is 70.9. The fraction of sp³-hybridized carbons (Fsp3) is 0.188. The number of aromatic nitrogens is 1. The summed E-state index contributed by atoms with van der Waals surface area (Å²) in [6.07, 6.45) is -4.53. The van der Waals surface area contributed by atoms with Gasteiger partial charge in [0.15, 0.2) is 5.13 Å². The maximum Gasteiger partial charge on any atom is 0.416 e. The Bertz CT molecular complexity index is 1060. The van der Waals surface area contributed by atoms with E-state index in [0.717, 1.165) is 45.9 Å². The van der Waals surface area contributed by atoms with Crippen molar-refractivity contribution in [1.29, 1.82) is 0 Å². The van der Waals surface area contributed by atoms with Crippen LogP contribution in [0.15, 0.2) is 41.3 Å². The van der Waals surface area contributed by atoms with Crippen molar-refractivity contribution in [2.24, 2.45) is 0 Å². The van der Waals surface area contributed by atoms with Gasteiger partial charge in [0.2, 0.25) is 0 Å². The van der Waals surface area contributed by atoms with Gasteiger partial charge in [-0.25, -0.2) is 13.4 Å². The molecule has 0 amide bonds. The predicted molar refractivity (Wildman–Crippen MR) is 93.2 cm³/mol. The van der Waals surface area contributed by atoms with E-state index in [4.69, 9.17) is 4.74 Å². The molecule has 3 rings (SSSR count). The van der Waals surface area contributed by atoms with Gasteiger partial charge >= 0.3 is 6.18 Å². The number of aryl methyl sites for hydroxylation is 1. The molecule has 0 unspecified atom stereocenters. The van der Waals surface area contributed by atoms with E-state index in [1.807, 2.05) is 13.0 Å². The Hall–Kier alpha value is -2.33. The van der Waals surface area contributed by atoms with E-state index in [1.54, 1.807) is 6.07 Å². The number of benzene rings is 2. The van der Waals surface area contributed by atoms with E-state index in [-0.39, 0.29) is 10.0 Å². The molecule has 0 aliphatic carbocycles. The van der Waals surface area contributed by atoms with Crippen LogP contribution in [0.3, 0.4) is 0 Å². The minimum atomic E-state index is -4.53. The molecule has 10 heteroatoms. The number of alkyl halides is 3. The molecule has 0 atom stereocenters. The number of halogens is 3. The van der Waals surface area contributed by atoms with Crippen molar-refractivity contribution in [3.05, 3.63) is 47.5 Å². The van der Waals surface area contributed by atoms with Crippen LogP contribution in [-0.4, -0.2) is 20.5 Å². The standard InChI is InChI=1S/C16H13F3N2O3S2/c1-9-3-8-12(24-2)13-14(9)25-15(20-13)21-26(22,23)11-6-4-10(5-7-11)16(17,18)19/h3-8H,1-2H3,(H,20,21). The summed E-state index contributed by atoms with van der Waals surface area (Å²) in [4.78, 5) is 3.95. The maximum absolute atomic E-state index is 12.6. The smallest absolute Gasteiger partial charge is 0.416 e. The summed E-state index contributed by atoms with van der Waals surface area (Å²) in [7, 11) is -2.58. The van der Waals surface area contributed by atoms with Crippen molar-refractivity contribution in [3.63, 3.8) is 0 Å². The maximum atomic E-state index is 12.6. The lowest BCUT2D eigenvalue weighted by Crippen LogP contribution is -2.13. The largest absolute Gasteiger partial charge is 0.494 e. The number of nitrogens with one attached hydrogen (secondary N) is 1. The highest BCUT2D eigenvalue weighted by Gasteiger charge is 2.30. The number of rotatable bonds is 4. The molecule has 1 heterocycles. The van der Waals surface area contributed by atoms with E-state index in [1.165, 1.54) is 7.11 Å². The van der Waals surface area contributed by atoms with E-state index in [2.05, 4.69) is 9.71 Å². The number of methoxy groups -OCH3 is 1. The molecule has 138 valence electrons. The van der Waals surface area contributed by atoms with Crippen LogP contribution < -0.4 is 9.46 Å². The second kappa shape index (κ2) is 6.44. The van der Waals surface area contributed by atoms with Crippen LogP contribution in [0.5, 0.6) is 5.75 Å². The number of sulfonamides is 1. The third-order valence-corrected chi connectivity index (χ3v) is 6.23. The second-order valence-electron chi connectivity index (χ2n) is 5.41. The number of fused-ring (bicyclic) bond motifs is 1. The Morgan fingerprint density at radius 1 is 1.12 bits per heavy atom. The fourth-order valence-corrected chi connectivity index (χ4v) is 4.50. The summed E-state index contributed by atoms with van der Waals surface area (Å²) in [5.74, 6) is 0.502. The predicted octanol–water partition coefficient (Wildman–Crippen LogP) is 4.43. The van der Waals surface area contributed by atoms with Gasteiger partial charge in [-0.3, -0.25) is 4.72 Å². The van der Waals surface area contributed by atoms with Crippen LogP contribution in [0.2, 0.25) is 0 Å². The molecule has 0 saturated heterocycles. The number of hydrogen-bond donors (Lipinski definition) is 1. The molecule has 0 aliphatic heterocycles. The molecule has 0 aliphatic rings. The van der Waals surface area contributed by atoms with Crippen LogP contribution >= 0.6 is 11.3 Å². The molecule has 0 fully saturated rings. The minimum Gasteiger partial charge on any atom is -0.494 e. The third-order valence-electron chi connectivity index (χ3n) is 3.64. The first kappa shape index (κ1) is 18.5. The number of hydrogen-bond acceptors (Lipinski definition) is 5. The zero-order valence-corrected chi connectivity index (χ0v) is 15.2. The first-order valence-corrected chi connectivity index (χ1v) is 9.56. The van der Waals surface area contributed by atoms with Gasteiger partial charge in [-0.15, -0.1) is 0 Å². The highest BCUT2D eigenvalue weighted by atomic mass is 32.2. The fourth-order valence-electron chi connectivity index (χ4n) is 2.32. The molecule has 0 bridgehead atoms. The molecule has 2 aromatic carbocycles. The van der Waals surface area contributed by atoms with Crippen LogP contribution in [0.4, 0.5) is 18.3 Å². The second-order valence-corrected chi connectivity index (χ2v) is 8.09. The average Bonchev–Trinajstić information content (AvgIpc) is 2.98. The Morgan fingerprint density at radius 2 is 1.77 bits per heavy atom. The molecule has 26 heavy (non-hydrogen) atoms. The summed E-state index contributed by atoms with van der Waals surface area (Å²) in [5, 5.41) is 0.104. The molecule has 0 saturated carbocycles. The lowest BCUT2D eigenvalue weighted by molar-refractivity contribution is -0.137. The molecule has 1 aromatic heterocycles. The van der Waals surface area contributed by atoms with Gasteiger partial charge in [0.25, 0.3) is 10.0 Å². The summed E-state index contributed by atoms with van der Waals surface area (Å²) in [6.45, 7) is 1.86. The minimum absolute atomic E-state index is 0.104. The van der Waals surface area contributed by atoms with Crippen molar-refractivity contribution in [2.45, 2.75) is 18.0 Å². The van der Waals surface area contributed by atoms with E-state index in [0.29, 0.717) is 11.3 Å². The SMILES string of the molecule is COc1ccc(C)c2sc(NS(=O)(=O)c3ccc(C(F)(F)F)cc3)nc12. The van der Waals surface area contributed by atoms with Crippen LogP contribution in [0, 0.1) is 6.92 Å². The Morgan fingerprint density at radius 3 is 2.35 bits per heavy atom. The third kappa shape index (κ3) is 3.47. The zero-order valence-electron chi connectivity index (χ0n) is 13.6. The van der Waals surface area contributed by atoms with Gasteiger partial charge in [-0.1, -0.05) is 17.4 Å². The number of thiazole rings is 1. The van der Waals surface area contributed by atoms with Crippen molar-refractivity contribution in [3.8, 4) is 5.75 Å². The first-order chi connectivity index (χ1) is 12.1. The average molecular weight is 402 g/mol. The summed E-state index contributed by atoms with van der Waals surface area (Å²) in [6, 6.07) is 6.81. The van der Waals surface area contributed by atoms with Gasteiger partial charge in [-0.05, 0) is 42.8 Å². The number of nitrogens with zero attached hydrogens (tertiary/aromatic N) is 1. The first-order valence-electron chi connectivity index (χ1n) is 7.26. The van der Waals surface area contributed by atoms with Gasteiger partial charge in [0.05, 0.1) is 22.3 Å². The van der Waals surface area contributed by atoms with Crippen LogP contribution in [0.1, 0.15) is 11.1 Å². The summed E-state index contributed by atoms with van der Waals surface area (Å²) in [5.41, 5.74) is 0.498. The molecule has 0 spiro atoms. The Labute approximate surface area is 151 Å². The highest BCUT2D eigenvalue weighted by molar-refractivity contribution is 7.93. The normalized spacial score (nSPS) is 12.3. The summed E-state index contributed by atoms with van der Waals surface area (Å²) >= 11 is 1.12. The lowest BCUT2D eigenvalue weighted by Gasteiger charge is -2.08. The lowest BCUT2D eigenvalue weighted by atomic mass is 10.2. The molecule has 3 aromatic rings. The number of ether oxygens (including phenoxy) is 1. The monoisotopic (exact) mass is 402 g/mol. The molecular weight excluding hydrogens is 389 g/mol. The Balaban J connectivity index is 1.95. The highest BCUT2D eigenvalue weighted by Crippen LogP contribution is 2.36. The zero-order chi connectivity index (χ0) is 19.1. The quantitative estimate of drug-likeness (QED) is 0.701. The van der Waals surface area contributed by atoms with Gasteiger partial charge in [-0.2, -0.15) is 13.2 Å². The van der Waals surface area contributed by atoms with Crippen LogP contribution in [0.25, 0.3) is 10.2 Å². The van der Waals surface area contributed by atoms with Gasteiger partial charge in [0, 0.05) is 0 Å². The molecule has 5 nitrogen and oxygen atoms in total. The van der Waals surface area contributed by atoms with Crippen molar-refractivity contribution < 1.29 is 26.3 Å². The van der Waals surface area contributed by atoms with Crippen molar-refractivity contribution >= 4 is 36.7 Å². The number of anilines is 1. The van der Waals surface area contributed by atoms with Crippen molar-refractivity contribution in [1.82, 2.24) is 4.98 Å². The van der Waals surface area contributed by atoms with Crippen LogP contribution in [-0.2, 0) is 16.2 Å². The topological polar surface area (TPSA) is 68.3 Å². The molecule has 1 N–H and O–H groups in total.